The monoisotopic (exact) mass is 424 g/mol. The molecule has 1 aromatic heterocycles. The second-order valence-electron chi connectivity index (χ2n) is 7.76. The second-order valence-corrected chi connectivity index (χ2v) is 8.17. The zero-order chi connectivity index (χ0) is 22.1. The van der Waals surface area contributed by atoms with E-state index in [9.17, 15) is 22.4 Å². The number of rotatable bonds is 3. The van der Waals surface area contributed by atoms with E-state index in [1.807, 2.05) is 6.92 Å². The van der Waals surface area contributed by atoms with Gasteiger partial charge >= 0.3 is 6.18 Å². The fraction of sp³-hybridized carbons (Fsp3) is 0.579. The predicted octanol–water partition coefficient (Wildman–Crippen LogP) is 5.56. The van der Waals surface area contributed by atoms with Crippen molar-refractivity contribution in [2.45, 2.75) is 71.7 Å². The van der Waals surface area contributed by atoms with Crippen molar-refractivity contribution >= 4 is 28.4 Å². The van der Waals surface area contributed by atoms with Gasteiger partial charge in [-0.1, -0.05) is 18.5 Å². The minimum atomic E-state index is -4.74. The summed E-state index contributed by atoms with van der Waals surface area (Å²) >= 11 is 5.80. The lowest BCUT2D eigenvalue weighted by atomic mass is 9.98. The summed E-state index contributed by atoms with van der Waals surface area (Å²) in [5, 5.41) is 8.94. The highest BCUT2D eigenvalue weighted by atomic mass is 35.5. The molecule has 0 saturated carbocycles. The molecule has 0 spiro atoms. The maximum atomic E-state index is 13.3. The number of halogens is 5. The van der Waals surface area contributed by atoms with Gasteiger partial charge in [-0.2, -0.15) is 13.2 Å². The van der Waals surface area contributed by atoms with Gasteiger partial charge in [0.2, 0.25) is 0 Å². The first kappa shape index (κ1) is 24.4. The number of aryl methyl sites for hydroxylation is 1. The molecule has 0 saturated heterocycles. The van der Waals surface area contributed by atoms with Crippen LogP contribution >= 0.6 is 11.6 Å². The minimum absolute atomic E-state index is 0.00618. The van der Waals surface area contributed by atoms with Gasteiger partial charge in [-0.15, -0.1) is 0 Å². The summed E-state index contributed by atoms with van der Waals surface area (Å²) in [6.45, 7) is 10.2. The van der Waals surface area contributed by atoms with E-state index in [0.717, 1.165) is 11.3 Å². The topological polar surface area (TPSA) is 55.1 Å². The fourth-order valence-electron chi connectivity index (χ4n) is 2.65. The SMILES string of the molecule is CCC(=O)CC(C)(O)C(F)(F)F.Cc1nc2cc(F)c(Cl)cc2n1C(C)(C)C. The summed E-state index contributed by atoms with van der Waals surface area (Å²) in [5.74, 6) is -0.158. The number of hydrogen-bond acceptors (Lipinski definition) is 3. The van der Waals surface area contributed by atoms with Gasteiger partial charge in [0.25, 0.3) is 0 Å². The quantitative estimate of drug-likeness (QED) is 0.656. The molecular formula is C19H25ClF4N2O2. The van der Waals surface area contributed by atoms with E-state index in [1.165, 1.54) is 13.0 Å². The van der Waals surface area contributed by atoms with E-state index in [-0.39, 0.29) is 17.0 Å². The number of imidazole rings is 1. The molecule has 0 aliphatic rings. The van der Waals surface area contributed by atoms with E-state index >= 15 is 0 Å². The molecule has 158 valence electrons. The molecule has 2 rings (SSSR count). The molecule has 1 aromatic carbocycles. The van der Waals surface area contributed by atoms with Crippen molar-refractivity contribution in [3.63, 3.8) is 0 Å². The third kappa shape index (κ3) is 5.67. The van der Waals surface area contributed by atoms with Crippen molar-refractivity contribution in [1.82, 2.24) is 9.55 Å². The molecule has 1 heterocycles. The standard InChI is InChI=1S/C12H14ClFN2.C7H11F3O2/c1-7-15-10-6-9(14)8(13)5-11(10)16(7)12(2,3)4;1-3-5(11)4-6(2,12)7(8,9)10/h5-6H,1-4H3;12H,3-4H2,1-2H3. The molecule has 1 atom stereocenters. The zero-order valence-corrected chi connectivity index (χ0v) is 17.5. The third-order valence-electron chi connectivity index (χ3n) is 4.08. The van der Waals surface area contributed by atoms with Crippen molar-refractivity contribution in [1.29, 1.82) is 0 Å². The maximum absolute atomic E-state index is 13.3. The van der Waals surface area contributed by atoms with Gasteiger partial charge in [0.05, 0.1) is 16.1 Å². The Morgan fingerprint density at radius 3 is 2.18 bits per heavy atom. The van der Waals surface area contributed by atoms with Gasteiger partial charge in [0.1, 0.15) is 17.4 Å². The number of aliphatic hydroxyl groups is 1. The van der Waals surface area contributed by atoms with Crippen LogP contribution in [0.2, 0.25) is 5.02 Å². The average molecular weight is 425 g/mol. The molecule has 2 aromatic rings. The second kappa shape index (κ2) is 8.37. The Hall–Kier alpha value is -1.67. The summed E-state index contributed by atoms with van der Waals surface area (Å²) in [6.07, 6.45) is -5.60. The molecule has 0 bridgehead atoms. The van der Waals surface area contributed by atoms with Crippen LogP contribution in [0.3, 0.4) is 0 Å². The van der Waals surface area contributed by atoms with Crippen molar-refractivity contribution in [3.8, 4) is 0 Å². The summed E-state index contributed by atoms with van der Waals surface area (Å²) in [4.78, 5) is 15.0. The Kier molecular flexibility index (Phi) is 7.28. The summed E-state index contributed by atoms with van der Waals surface area (Å²) in [6, 6.07) is 3.02. The molecule has 28 heavy (non-hydrogen) atoms. The van der Waals surface area contributed by atoms with Gasteiger partial charge in [0.15, 0.2) is 5.60 Å². The number of ketones is 1. The number of fused-ring (bicyclic) bond motifs is 1. The highest BCUT2D eigenvalue weighted by Gasteiger charge is 2.50. The Balaban J connectivity index is 0.000000295. The first-order valence-electron chi connectivity index (χ1n) is 8.66. The van der Waals surface area contributed by atoms with Crippen LogP contribution in [0.1, 0.15) is 53.3 Å². The van der Waals surface area contributed by atoms with Crippen LogP contribution in [0.5, 0.6) is 0 Å². The van der Waals surface area contributed by atoms with Crippen LogP contribution in [0.4, 0.5) is 17.6 Å². The number of alkyl halides is 3. The molecule has 0 aliphatic heterocycles. The van der Waals surface area contributed by atoms with Gasteiger partial charge in [-0.25, -0.2) is 9.37 Å². The first-order valence-corrected chi connectivity index (χ1v) is 9.04. The van der Waals surface area contributed by atoms with Crippen LogP contribution in [0.25, 0.3) is 11.0 Å². The van der Waals surface area contributed by atoms with E-state index in [0.29, 0.717) is 12.4 Å². The lowest BCUT2D eigenvalue weighted by molar-refractivity contribution is -0.253. The molecule has 0 radical (unpaired) electrons. The summed E-state index contributed by atoms with van der Waals surface area (Å²) < 4.78 is 51.2. The van der Waals surface area contributed by atoms with Crippen molar-refractivity contribution in [2.75, 3.05) is 0 Å². The largest absolute Gasteiger partial charge is 0.417 e. The van der Waals surface area contributed by atoms with Gasteiger partial charge in [0, 0.05) is 24.4 Å². The Morgan fingerprint density at radius 2 is 1.75 bits per heavy atom. The van der Waals surface area contributed by atoms with Gasteiger partial charge in [-0.05, 0) is 40.7 Å². The summed E-state index contributed by atoms with van der Waals surface area (Å²) in [7, 11) is 0. The van der Waals surface area contributed by atoms with Crippen molar-refractivity contribution in [3.05, 3.63) is 28.8 Å². The molecule has 1 N–H and O–H groups in total. The molecule has 0 amide bonds. The number of benzene rings is 1. The van der Waals surface area contributed by atoms with Crippen LogP contribution in [-0.2, 0) is 10.3 Å². The average Bonchev–Trinajstić information content (AvgIpc) is 2.81. The van der Waals surface area contributed by atoms with Crippen LogP contribution < -0.4 is 0 Å². The van der Waals surface area contributed by atoms with Gasteiger partial charge in [-0.3, -0.25) is 4.79 Å². The highest BCUT2D eigenvalue weighted by molar-refractivity contribution is 6.31. The maximum Gasteiger partial charge on any atom is 0.417 e. The number of aromatic nitrogens is 2. The predicted molar refractivity (Wildman–Crippen MR) is 101 cm³/mol. The molecule has 4 nitrogen and oxygen atoms in total. The van der Waals surface area contributed by atoms with Gasteiger partial charge < -0.3 is 9.67 Å². The minimum Gasteiger partial charge on any atom is -0.380 e. The van der Waals surface area contributed by atoms with E-state index < -0.39 is 29.8 Å². The van der Waals surface area contributed by atoms with Crippen LogP contribution in [-0.4, -0.2) is 32.2 Å². The lowest BCUT2D eigenvalue weighted by Gasteiger charge is -2.25. The number of carbonyl (C=O) groups is 1. The number of carbonyl (C=O) groups excluding carboxylic acids is 1. The van der Waals surface area contributed by atoms with E-state index in [1.54, 1.807) is 6.07 Å². The van der Waals surface area contributed by atoms with E-state index in [2.05, 4.69) is 30.3 Å². The van der Waals surface area contributed by atoms with E-state index in [4.69, 9.17) is 16.7 Å². The summed E-state index contributed by atoms with van der Waals surface area (Å²) in [5.41, 5.74) is -1.47. The Labute approximate surface area is 166 Å². The molecule has 0 fully saturated rings. The fourth-order valence-corrected chi connectivity index (χ4v) is 2.81. The molecule has 1 unspecified atom stereocenters. The Bertz CT molecular complexity index is 852. The molecule has 9 heteroatoms. The molecular weight excluding hydrogens is 400 g/mol. The van der Waals surface area contributed by atoms with Crippen molar-refractivity contribution < 1.29 is 27.5 Å². The van der Waals surface area contributed by atoms with Crippen LogP contribution in [0.15, 0.2) is 12.1 Å². The smallest absolute Gasteiger partial charge is 0.380 e. The number of hydrogen-bond donors (Lipinski definition) is 1. The highest BCUT2D eigenvalue weighted by Crippen LogP contribution is 2.33. The lowest BCUT2D eigenvalue weighted by Crippen LogP contribution is -2.43. The Morgan fingerprint density at radius 1 is 1.21 bits per heavy atom. The normalized spacial score (nSPS) is 14.4. The first-order chi connectivity index (χ1) is 12.5. The van der Waals surface area contributed by atoms with Crippen LogP contribution in [0, 0.1) is 12.7 Å². The van der Waals surface area contributed by atoms with Crippen molar-refractivity contribution in [2.24, 2.45) is 0 Å². The zero-order valence-electron chi connectivity index (χ0n) is 16.7. The number of nitrogens with zero attached hydrogens (tertiary/aromatic N) is 2. The molecule has 0 aliphatic carbocycles. The third-order valence-corrected chi connectivity index (χ3v) is 4.37. The number of Topliss-reactive ketones (excluding diaryl/α,β-unsaturated/α-hetero) is 1.